The molecule has 1 heterocycles. The predicted octanol–water partition coefficient (Wildman–Crippen LogP) is 2.67. The third kappa shape index (κ3) is 2.92. The second-order valence-electron chi connectivity index (χ2n) is 5.84. The van der Waals surface area contributed by atoms with E-state index in [2.05, 4.69) is 0 Å². The summed E-state index contributed by atoms with van der Waals surface area (Å²) < 4.78 is 52.8. The van der Waals surface area contributed by atoms with Crippen molar-refractivity contribution >= 4 is 10.0 Å². The predicted molar refractivity (Wildman–Crippen MR) is 72.7 cm³/mol. The zero-order valence-corrected chi connectivity index (χ0v) is 12.6. The first-order valence-corrected chi connectivity index (χ1v) is 8.00. The summed E-state index contributed by atoms with van der Waals surface area (Å²) in [5.41, 5.74) is -0.508. The van der Waals surface area contributed by atoms with Gasteiger partial charge in [0.15, 0.2) is 0 Å². The van der Waals surface area contributed by atoms with Crippen molar-refractivity contribution in [2.24, 2.45) is 5.41 Å². The molecule has 0 spiro atoms. The van der Waals surface area contributed by atoms with Crippen molar-refractivity contribution in [2.45, 2.75) is 37.6 Å². The molecule has 1 aromatic carbocycles. The Kier molecular flexibility index (Phi) is 4.04. The quantitative estimate of drug-likeness (QED) is 0.843. The smallest absolute Gasteiger partial charge is 0.207 e. The number of hydrogen-bond acceptors (Lipinski definition) is 3. The van der Waals surface area contributed by atoms with Crippen molar-refractivity contribution in [3.8, 4) is 6.07 Å². The minimum Gasteiger partial charge on any atom is -0.207 e. The average molecular weight is 314 g/mol. The lowest BCUT2D eigenvalue weighted by molar-refractivity contribution is 0.139. The molecule has 1 aliphatic heterocycles. The van der Waals surface area contributed by atoms with Crippen LogP contribution in [-0.4, -0.2) is 25.3 Å². The number of benzene rings is 1. The summed E-state index contributed by atoms with van der Waals surface area (Å²) in [5, 5.41) is 9.31. The summed E-state index contributed by atoms with van der Waals surface area (Å²) in [7, 11) is -4.11. The van der Waals surface area contributed by atoms with Crippen molar-refractivity contribution in [3.63, 3.8) is 0 Å². The Hall–Kier alpha value is -1.52. The molecule has 1 fully saturated rings. The standard InChI is InChI=1S/C14H16F2N2O2S/c1-14(2)4-3-5-18(13(14)9-17)21(19,20)12-7-10(15)6-11(16)8-12/h6-8,13H,3-5H2,1-2H3. The van der Waals surface area contributed by atoms with Gasteiger partial charge in [0.1, 0.15) is 17.7 Å². The fourth-order valence-corrected chi connectivity index (χ4v) is 4.43. The minimum atomic E-state index is -4.11. The maximum Gasteiger partial charge on any atom is 0.244 e. The van der Waals surface area contributed by atoms with Crippen LogP contribution < -0.4 is 0 Å². The Balaban J connectivity index is 2.50. The minimum absolute atomic E-state index is 0.169. The van der Waals surface area contributed by atoms with Crippen LogP contribution in [0.4, 0.5) is 8.78 Å². The molecule has 7 heteroatoms. The molecule has 0 N–H and O–H groups in total. The maximum absolute atomic E-state index is 13.3. The third-order valence-electron chi connectivity index (χ3n) is 3.79. The molecule has 0 amide bonds. The fourth-order valence-electron chi connectivity index (χ4n) is 2.66. The van der Waals surface area contributed by atoms with Gasteiger partial charge in [0.05, 0.1) is 11.0 Å². The van der Waals surface area contributed by atoms with E-state index in [1.54, 1.807) is 0 Å². The zero-order valence-electron chi connectivity index (χ0n) is 11.8. The van der Waals surface area contributed by atoms with Gasteiger partial charge in [0.25, 0.3) is 0 Å². The molecule has 0 bridgehead atoms. The summed E-state index contributed by atoms with van der Waals surface area (Å²) in [4.78, 5) is -0.460. The first-order valence-electron chi connectivity index (χ1n) is 6.56. The van der Waals surface area contributed by atoms with Gasteiger partial charge >= 0.3 is 0 Å². The van der Waals surface area contributed by atoms with E-state index in [-0.39, 0.29) is 6.54 Å². The summed E-state index contributed by atoms with van der Waals surface area (Å²) in [6.07, 6.45) is 1.32. The third-order valence-corrected chi connectivity index (χ3v) is 5.64. The van der Waals surface area contributed by atoms with Crippen LogP contribution in [0.25, 0.3) is 0 Å². The van der Waals surface area contributed by atoms with Gasteiger partial charge in [-0.2, -0.15) is 9.57 Å². The number of rotatable bonds is 2. The van der Waals surface area contributed by atoms with E-state index in [1.165, 1.54) is 0 Å². The molecule has 2 rings (SSSR count). The van der Waals surface area contributed by atoms with Crippen LogP contribution in [0.1, 0.15) is 26.7 Å². The van der Waals surface area contributed by atoms with Crippen LogP contribution in [0.3, 0.4) is 0 Å². The van der Waals surface area contributed by atoms with E-state index in [9.17, 15) is 22.5 Å². The number of piperidine rings is 1. The van der Waals surface area contributed by atoms with Crippen LogP contribution in [-0.2, 0) is 10.0 Å². The summed E-state index contributed by atoms with van der Waals surface area (Å²) in [6.45, 7) is 3.80. The Morgan fingerprint density at radius 3 is 2.38 bits per heavy atom. The van der Waals surface area contributed by atoms with Gasteiger partial charge in [0, 0.05) is 12.6 Å². The van der Waals surface area contributed by atoms with E-state index in [1.807, 2.05) is 19.9 Å². The van der Waals surface area contributed by atoms with Gasteiger partial charge in [-0.25, -0.2) is 17.2 Å². The summed E-state index contributed by atoms with van der Waals surface area (Å²) in [5.74, 6) is -1.92. The lowest BCUT2D eigenvalue weighted by atomic mass is 9.78. The average Bonchev–Trinajstić information content (AvgIpc) is 2.36. The normalized spacial score (nSPS) is 22.7. The Labute approximate surface area is 123 Å². The molecule has 0 radical (unpaired) electrons. The van der Waals surface area contributed by atoms with E-state index in [4.69, 9.17) is 0 Å². The molecule has 1 unspecified atom stereocenters. The van der Waals surface area contributed by atoms with Crippen LogP contribution in [0, 0.1) is 28.4 Å². The highest BCUT2D eigenvalue weighted by atomic mass is 32.2. The lowest BCUT2D eigenvalue weighted by Crippen LogP contribution is -2.51. The van der Waals surface area contributed by atoms with Gasteiger partial charge in [0.2, 0.25) is 10.0 Å². The monoisotopic (exact) mass is 314 g/mol. The van der Waals surface area contributed by atoms with Crippen LogP contribution >= 0.6 is 0 Å². The first-order chi connectivity index (χ1) is 9.68. The molecule has 1 saturated heterocycles. The Bertz CT molecular complexity index is 675. The summed E-state index contributed by atoms with van der Waals surface area (Å²) >= 11 is 0. The number of nitrogens with zero attached hydrogens (tertiary/aromatic N) is 2. The highest BCUT2D eigenvalue weighted by molar-refractivity contribution is 7.89. The van der Waals surface area contributed by atoms with Gasteiger partial charge in [-0.15, -0.1) is 0 Å². The van der Waals surface area contributed by atoms with E-state index < -0.39 is 38.0 Å². The lowest BCUT2D eigenvalue weighted by Gasteiger charge is -2.41. The molecule has 114 valence electrons. The number of halogens is 2. The van der Waals surface area contributed by atoms with Crippen molar-refractivity contribution in [2.75, 3.05) is 6.54 Å². The molecule has 21 heavy (non-hydrogen) atoms. The maximum atomic E-state index is 13.3. The van der Waals surface area contributed by atoms with Gasteiger partial charge in [-0.05, 0) is 30.4 Å². The van der Waals surface area contributed by atoms with E-state index >= 15 is 0 Å². The van der Waals surface area contributed by atoms with Gasteiger partial charge in [-0.1, -0.05) is 13.8 Å². The van der Waals surface area contributed by atoms with Crippen molar-refractivity contribution < 1.29 is 17.2 Å². The van der Waals surface area contributed by atoms with Gasteiger partial charge in [-0.3, -0.25) is 0 Å². The number of sulfonamides is 1. The molecule has 0 saturated carbocycles. The molecule has 0 aliphatic carbocycles. The second kappa shape index (κ2) is 5.35. The van der Waals surface area contributed by atoms with Crippen molar-refractivity contribution in [3.05, 3.63) is 29.8 Å². The Morgan fingerprint density at radius 1 is 1.29 bits per heavy atom. The second-order valence-corrected chi connectivity index (χ2v) is 7.74. The molecule has 0 aromatic heterocycles. The Morgan fingerprint density at radius 2 is 1.86 bits per heavy atom. The van der Waals surface area contributed by atoms with E-state index in [0.717, 1.165) is 22.9 Å². The highest BCUT2D eigenvalue weighted by Gasteiger charge is 2.43. The molecule has 1 atom stereocenters. The molecule has 1 aliphatic rings. The SMILES string of the molecule is CC1(C)CCCN(S(=O)(=O)c2cc(F)cc(F)c2)C1C#N. The molecular formula is C14H16F2N2O2S. The highest BCUT2D eigenvalue weighted by Crippen LogP contribution is 2.37. The van der Waals surface area contributed by atoms with E-state index in [0.29, 0.717) is 12.5 Å². The largest absolute Gasteiger partial charge is 0.244 e. The zero-order chi connectivity index (χ0) is 15.8. The van der Waals surface area contributed by atoms with Crippen molar-refractivity contribution in [1.29, 1.82) is 5.26 Å². The first kappa shape index (κ1) is 15.9. The topological polar surface area (TPSA) is 61.2 Å². The van der Waals surface area contributed by atoms with Crippen LogP contribution in [0.15, 0.2) is 23.1 Å². The number of hydrogen-bond donors (Lipinski definition) is 0. The fraction of sp³-hybridized carbons (Fsp3) is 0.500. The molecule has 4 nitrogen and oxygen atoms in total. The summed E-state index contributed by atoms with van der Waals surface area (Å²) in [6, 6.07) is 3.31. The number of nitriles is 1. The van der Waals surface area contributed by atoms with Crippen LogP contribution in [0.2, 0.25) is 0 Å². The van der Waals surface area contributed by atoms with Crippen LogP contribution in [0.5, 0.6) is 0 Å². The molecule has 1 aromatic rings. The van der Waals surface area contributed by atoms with Crippen molar-refractivity contribution in [1.82, 2.24) is 4.31 Å². The van der Waals surface area contributed by atoms with Gasteiger partial charge < -0.3 is 0 Å². The molecular weight excluding hydrogens is 298 g/mol.